The van der Waals surface area contributed by atoms with E-state index < -0.39 is 0 Å². The molecule has 2 fully saturated rings. The van der Waals surface area contributed by atoms with Crippen molar-refractivity contribution in [3.05, 3.63) is 82.3 Å². The third kappa shape index (κ3) is 10.1. The lowest BCUT2D eigenvalue weighted by Crippen LogP contribution is -2.12. The number of carbonyl (C=O) groups excluding carboxylic acids is 2. The molecule has 0 saturated heterocycles. The van der Waals surface area contributed by atoms with Crippen LogP contribution in [-0.2, 0) is 22.4 Å². The first-order valence-corrected chi connectivity index (χ1v) is 14.6. The van der Waals surface area contributed by atoms with Crippen molar-refractivity contribution < 1.29 is 9.59 Å². The quantitative estimate of drug-likeness (QED) is 0.182. The van der Waals surface area contributed by atoms with E-state index in [4.69, 9.17) is 0 Å². The largest absolute Gasteiger partial charge is 0.303 e. The summed E-state index contributed by atoms with van der Waals surface area (Å²) in [5, 5.41) is 24.2. The molecule has 2 aliphatic carbocycles. The van der Waals surface area contributed by atoms with E-state index in [0.29, 0.717) is 16.7 Å². The number of aryl methyl sites for hydroxylation is 2. The van der Waals surface area contributed by atoms with Crippen LogP contribution in [0.1, 0.15) is 60.0 Å². The first kappa shape index (κ1) is 27.5. The second-order valence-electron chi connectivity index (χ2n) is 9.07. The molecule has 0 atom stereocenters. The summed E-state index contributed by atoms with van der Waals surface area (Å²) >= 11 is 2.82. The lowest BCUT2D eigenvalue weighted by atomic mass is 10.1. The van der Waals surface area contributed by atoms with E-state index in [0.717, 1.165) is 54.5 Å². The Morgan fingerprint density at radius 2 is 1.29 bits per heavy atom. The molecule has 0 unspecified atom stereocenters. The third-order valence-electron chi connectivity index (χ3n) is 5.84. The van der Waals surface area contributed by atoms with Gasteiger partial charge in [-0.15, -0.1) is 20.4 Å². The molecular weight excluding hydrogens is 516 g/mol. The monoisotopic (exact) mass is 548 g/mol. The standard InChI is InChI=1S/C13H16N6O2S2.C9H10.C6H6/c20-7-14-12-18-16-9(22-12)3-1-2-4-10-17-19-13(23-10)15-11(21)8-5-6-8;1-2-4-8(5-3-1)9-6-7-9;1-2-4-6-5-3-1/h7-8H,1-6H2,(H,14,18,20)(H,15,19,21);1-5,9H,6-7H2;1-6H. The highest BCUT2D eigenvalue weighted by Crippen LogP contribution is 2.39. The van der Waals surface area contributed by atoms with E-state index in [1.54, 1.807) is 0 Å². The number of hydrogen-bond donors (Lipinski definition) is 2. The number of hydrogen-bond acceptors (Lipinski definition) is 8. The summed E-state index contributed by atoms with van der Waals surface area (Å²) in [5.41, 5.74) is 1.53. The molecule has 8 nitrogen and oxygen atoms in total. The van der Waals surface area contributed by atoms with Crippen LogP contribution in [0.3, 0.4) is 0 Å². The van der Waals surface area contributed by atoms with Crippen LogP contribution in [0.25, 0.3) is 0 Å². The van der Waals surface area contributed by atoms with E-state index in [-0.39, 0.29) is 11.8 Å². The normalized spacial score (nSPS) is 13.8. The van der Waals surface area contributed by atoms with Crippen LogP contribution in [-0.4, -0.2) is 32.7 Å². The number of rotatable bonds is 10. The Balaban J connectivity index is 0.000000180. The van der Waals surface area contributed by atoms with Crippen molar-refractivity contribution in [2.45, 2.75) is 57.3 Å². The Hall–Kier alpha value is -3.50. The number of carbonyl (C=O) groups is 2. The molecule has 198 valence electrons. The molecule has 2 heterocycles. The minimum atomic E-state index is 0.0590. The summed E-state index contributed by atoms with van der Waals surface area (Å²) in [5.74, 6) is 1.14. The van der Waals surface area contributed by atoms with Crippen LogP contribution in [0.4, 0.5) is 10.3 Å². The molecule has 0 aliphatic heterocycles. The van der Waals surface area contributed by atoms with Crippen LogP contribution in [0.15, 0.2) is 66.7 Å². The van der Waals surface area contributed by atoms with Gasteiger partial charge in [0.1, 0.15) is 10.0 Å². The van der Waals surface area contributed by atoms with E-state index in [1.807, 2.05) is 36.4 Å². The predicted octanol–water partition coefficient (Wildman–Crippen LogP) is 6.12. The predicted molar refractivity (Wildman–Crippen MR) is 152 cm³/mol. The summed E-state index contributed by atoms with van der Waals surface area (Å²) in [6.45, 7) is 0. The van der Waals surface area contributed by atoms with Crippen LogP contribution < -0.4 is 10.6 Å². The van der Waals surface area contributed by atoms with E-state index in [1.165, 1.54) is 41.1 Å². The Kier molecular flexibility index (Phi) is 10.9. The molecule has 4 aromatic rings. The SMILES string of the molecule is O=CNc1nnc(CCCCc2nnc(NC(=O)C3CC3)s2)s1.c1ccc(C2CC2)cc1.c1ccccc1. The van der Waals surface area contributed by atoms with Crippen molar-refractivity contribution in [3.63, 3.8) is 0 Å². The first-order valence-electron chi connectivity index (χ1n) is 12.9. The second-order valence-corrected chi connectivity index (χ2v) is 11.2. The van der Waals surface area contributed by atoms with Crippen LogP contribution in [0, 0.1) is 5.92 Å². The number of nitrogens with one attached hydrogen (secondary N) is 2. The summed E-state index contributed by atoms with van der Waals surface area (Å²) in [6, 6.07) is 22.8. The number of nitrogens with zero attached hydrogens (tertiary/aromatic N) is 4. The van der Waals surface area contributed by atoms with E-state index in [9.17, 15) is 9.59 Å². The van der Waals surface area contributed by atoms with Crippen molar-refractivity contribution in [1.82, 2.24) is 20.4 Å². The number of unbranched alkanes of at least 4 members (excludes halogenated alkanes) is 1. The highest BCUT2D eigenvalue weighted by molar-refractivity contribution is 7.15. The van der Waals surface area contributed by atoms with Crippen molar-refractivity contribution in [1.29, 1.82) is 0 Å². The highest BCUT2D eigenvalue weighted by atomic mass is 32.1. The maximum atomic E-state index is 11.6. The third-order valence-corrected chi connectivity index (χ3v) is 7.65. The minimum absolute atomic E-state index is 0.0590. The highest BCUT2D eigenvalue weighted by Gasteiger charge is 2.30. The Morgan fingerprint density at radius 3 is 1.82 bits per heavy atom. The fourth-order valence-electron chi connectivity index (χ4n) is 3.50. The zero-order chi connectivity index (χ0) is 26.4. The van der Waals surface area contributed by atoms with Crippen molar-refractivity contribution >= 4 is 45.3 Å². The van der Waals surface area contributed by atoms with Crippen molar-refractivity contribution in [2.24, 2.45) is 5.92 Å². The van der Waals surface area contributed by atoms with Gasteiger partial charge in [0.05, 0.1) is 0 Å². The van der Waals surface area contributed by atoms with Gasteiger partial charge in [0.25, 0.3) is 0 Å². The van der Waals surface area contributed by atoms with Gasteiger partial charge in [0.15, 0.2) is 0 Å². The molecule has 10 heteroatoms. The fourth-order valence-corrected chi connectivity index (χ4v) is 5.03. The summed E-state index contributed by atoms with van der Waals surface area (Å²) in [7, 11) is 0. The van der Waals surface area contributed by atoms with Gasteiger partial charge in [-0.2, -0.15) is 0 Å². The lowest BCUT2D eigenvalue weighted by molar-refractivity contribution is -0.117. The van der Waals surface area contributed by atoms with Gasteiger partial charge in [-0.05, 0) is 50.0 Å². The van der Waals surface area contributed by atoms with Gasteiger partial charge in [-0.25, -0.2) is 0 Å². The fraction of sp³-hybridized carbons (Fsp3) is 0.357. The number of benzene rings is 2. The number of anilines is 2. The van der Waals surface area contributed by atoms with E-state index in [2.05, 4.69) is 61.4 Å². The van der Waals surface area contributed by atoms with Crippen LogP contribution in [0.2, 0.25) is 0 Å². The van der Waals surface area contributed by atoms with E-state index >= 15 is 0 Å². The van der Waals surface area contributed by atoms with Crippen LogP contribution in [0.5, 0.6) is 0 Å². The second kappa shape index (κ2) is 15.0. The average molecular weight is 549 g/mol. The van der Waals surface area contributed by atoms with Crippen molar-refractivity contribution in [3.8, 4) is 0 Å². The zero-order valence-corrected chi connectivity index (χ0v) is 22.8. The summed E-state index contributed by atoms with van der Waals surface area (Å²) in [4.78, 5) is 21.9. The van der Waals surface area contributed by atoms with Gasteiger partial charge >= 0.3 is 0 Å². The van der Waals surface area contributed by atoms with Crippen LogP contribution >= 0.6 is 22.7 Å². The molecule has 2 aliphatic rings. The molecule has 2 N–H and O–H groups in total. The molecule has 2 aromatic carbocycles. The molecule has 0 radical (unpaired) electrons. The molecular formula is C28H32N6O2S2. The molecule has 38 heavy (non-hydrogen) atoms. The molecule has 0 bridgehead atoms. The number of aromatic nitrogens is 4. The van der Waals surface area contributed by atoms with Gasteiger partial charge in [-0.3, -0.25) is 9.59 Å². The summed E-state index contributed by atoms with van der Waals surface area (Å²) < 4.78 is 0. The Labute approximate surface area is 231 Å². The smallest absolute Gasteiger partial charge is 0.229 e. The summed E-state index contributed by atoms with van der Waals surface area (Å²) in [6.07, 6.45) is 8.94. The zero-order valence-electron chi connectivity index (χ0n) is 21.2. The van der Waals surface area contributed by atoms with Crippen molar-refractivity contribution in [2.75, 3.05) is 10.6 Å². The molecule has 0 spiro atoms. The lowest BCUT2D eigenvalue weighted by Gasteiger charge is -1.97. The molecule has 2 amide bonds. The molecule has 2 saturated carbocycles. The average Bonchev–Trinajstić information content (AvgIpc) is 3.90. The maximum absolute atomic E-state index is 11.6. The number of amides is 2. The van der Waals surface area contributed by atoms with Gasteiger partial charge in [0, 0.05) is 18.8 Å². The molecule has 6 rings (SSSR count). The van der Waals surface area contributed by atoms with Gasteiger partial charge in [-0.1, -0.05) is 89.4 Å². The Morgan fingerprint density at radius 1 is 0.763 bits per heavy atom. The minimum Gasteiger partial charge on any atom is -0.303 e. The topological polar surface area (TPSA) is 110 Å². The van der Waals surface area contributed by atoms with Gasteiger partial charge < -0.3 is 10.6 Å². The van der Waals surface area contributed by atoms with Gasteiger partial charge in [0.2, 0.25) is 22.6 Å². The first-order chi connectivity index (χ1) is 18.7. The maximum Gasteiger partial charge on any atom is 0.229 e. The molecule has 2 aromatic heterocycles. The Bertz CT molecular complexity index is 1210.